The number of methoxy groups -OCH3 is 1. The summed E-state index contributed by atoms with van der Waals surface area (Å²) in [5.41, 5.74) is 3.03. The minimum atomic E-state index is -0.314. The molecule has 8 heteroatoms. The molecule has 1 aliphatic rings. The number of hydrogen-bond donors (Lipinski definition) is 1. The van der Waals surface area contributed by atoms with Crippen molar-refractivity contribution in [3.8, 4) is 11.5 Å². The predicted octanol–water partition coefficient (Wildman–Crippen LogP) is 6.27. The standard InChI is InChI=1S/C25H20ClFN2O3S/c1-15-19(26)7-4-8-20(15)28-25-29-24(30)23(33-25)13-16-9-10-21(22(12-16)31-2)32-14-17-5-3-6-18(27)11-17/h3-13H,14H2,1-2H3,(H,28,29,30)/b23-13-. The van der Waals surface area contributed by atoms with Crippen LogP contribution in [-0.2, 0) is 11.4 Å². The number of aliphatic imine (C=N–C) groups is 1. The highest BCUT2D eigenvalue weighted by atomic mass is 35.5. The Bertz CT molecular complexity index is 1280. The van der Waals surface area contributed by atoms with Crippen LogP contribution in [0.3, 0.4) is 0 Å². The molecule has 1 heterocycles. The van der Waals surface area contributed by atoms with E-state index in [1.165, 1.54) is 31.0 Å². The second-order valence-electron chi connectivity index (χ2n) is 7.19. The number of rotatable bonds is 6. The van der Waals surface area contributed by atoms with E-state index in [9.17, 15) is 9.18 Å². The highest BCUT2D eigenvalue weighted by Crippen LogP contribution is 2.33. The number of amides is 1. The molecular weight excluding hydrogens is 463 g/mol. The molecule has 5 nitrogen and oxygen atoms in total. The number of benzene rings is 3. The fourth-order valence-corrected chi connectivity index (χ4v) is 4.14. The Kier molecular flexibility index (Phi) is 7.01. The first-order chi connectivity index (χ1) is 15.9. The lowest BCUT2D eigenvalue weighted by molar-refractivity contribution is -0.115. The molecule has 0 radical (unpaired) electrons. The van der Waals surface area contributed by atoms with Gasteiger partial charge in [0, 0.05) is 5.02 Å². The van der Waals surface area contributed by atoms with E-state index in [2.05, 4.69) is 10.3 Å². The van der Waals surface area contributed by atoms with E-state index >= 15 is 0 Å². The molecule has 0 saturated carbocycles. The van der Waals surface area contributed by atoms with Crippen molar-refractivity contribution in [3.05, 3.63) is 93.1 Å². The topological polar surface area (TPSA) is 59.9 Å². The van der Waals surface area contributed by atoms with Gasteiger partial charge in [0.15, 0.2) is 16.7 Å². The highest BCUT2D eigenvalue weighted by Gasteiger charge is 2.24. The number of carbonyl (C=O) groups is 1. The maximum atomic E-state index is 13.4. The van der Waals surface area contributed by atoms with Crippen LogP contribution in [0.2, 0.25) is 5.02 Å². The summed E-state index contributed by atoms with van der Waals surface area (Å²) in [6.45, 7) is 2.08. The average molecular weight is 483 g/mol. The van der Waals surface area contributed by atoms with Gasteiger partial charge in [-0.2, -0.15) is 0 Å². The van der Waals surface area contributed by atoms with Gasteiger partial charge in [0.2, 0.25) is 0 Å². The Morgan fingerprint density at radius 3 is 2.73 bits per heavy atom. The number of halogens is 2. The van der Waals surface area contributed by atoms with Gasteiger partial charge in [0.25, 0.3) is 5.91 Å². The molecule has 1 N–H and O–H groups in total. The Hall–Kier alpha value is -3.29. The molecule has 0 aromatic heterocycles. The zero-order valence-corrected chi connectivity index (χ0v) is 19.5. The van der Waals surface area contributed by atoms with Crippen molar-refractivity contribution in [2.75, 3.05) is 7.11 Å². The molecule has 4 rings (SSSR count). The second kappa shape index (κ2) is 10.1. The fraction of sp³-hybridized carbons (Fsp3) is 0.120. The van der Waals surface area contributed by atoms with Crippen LogP contribution in [0.4, 0.5) is 10.1 Å². The van der Waals surface area contributed by atoms with Crippen molar-refractivity contribution >= 4 is 46.2 Å². The molecule has 1 amide bonds. The quantitative estimate of drug-likeness (QED) is 0.421. The van der Waals surface area contributed by atoms with Gasteiger partial charge in [-0.1, -0.05) is 35.9 Å². The zero-order valence-electron chi connectivity index (χ0n) is 17.9. The Labute approximate surface area is 200 Å². The molecule has 1 fully saturated rings. The summed E-state index contributed by atoms with van der Waals surface area (Å²) in [5.74, 6) is 0.480. The lowest BCUT2D eigenvalue weighted by atomic mass is 10.2. The van der Waals surface area contributed by atoms with Gasteiger partial charge in [-0.3, -0.25) is 4.79 Å². The molecule has 0 unspecified atom stereocenters. The van der Waals surface area contributed by atoms with Gasteiger partial charge in [0.1, 0.15) is 12.4 Å². The molecule has 3 aromatic rings. The van der Waals surface area contributed by atoms with Gasteiger partial charge in [-0.05, 0) is 77.9 Å². The van der Waals surface area contributed by atoms with Gasteiger partial charge in [0.05, 0.1) is 17.7 Å². The Balaban J connectivity index is 1.50. The van der Waals surface area contributed by atoms with E-state index < -0.39 is 0 Å². The van der Waals surface area contributed by atoms with Gasteiger partial charge >= 0.3 is 0 Å². The molecule has 0 bridgehead atoms. The number of nitrogens with one attached hydrogen (secondary N) is 1. The summed E-state index contributed by atoms with van der Waals surface area (Å²) in [6.07, 6.45) is 1.76. The van der Waals surface area contributed by atoms with E-state index in [0.29, 0.717) is 37.8 Å². The van der Waals surface area contributed by atoms with Crippen LogP contribution in [0.5, 0.6) is 11.5 Å². The van der Waals surface area contributed by atoms with E-state index in [-0.39, 0.29) is 18.3 Å². The van der Waals surface area contributed by atoms with Crippen molar-refractivity contribution in [3.63, 3.8) is 0 Å². The largest absolute Gasteiger partial charge is 0.493 e. The Morgan fingerprint density at radius 1 is 1.12 bits per heavy atom. The van der Waals surface area contributed by atoms with Gasteiger partial charge < -0.3 is 14.8 Å². The SMILES string of the molecule is COc1cc(/C=C2\SC(=Nc3cccc(Cl)c3C)NC2=O)ccc1OCc1cccc(F)c1. The summed E-state index contributed by atoms with van der Waals surface area (Å²) in [4.78, 5) is 17.5. The van der Waals surface area contributed by atoms with Crippen molar-refractivity contribution < 1.29 is 18.7 Å². The molecule has 3 aromatic carbocycles. The fourth-order valence-electron chi connectivity index (χ4n) is 3.14. The Morgan fingerprint density at radius 2 is 1.94 bits per heavy atom. The normalized spacial score (nSPS) is 15.7. The first-order valence-corrected chi connectivity index (χ1v) is 11.2. The summed E-state index contributed by atoms with van der Waals surface area (Å²) < 4.78 is 24.6. The van der Waals surface area contributed by atoms with Crippen LogP contribution < -0.4 is 14.8 Å². The number of carbonyl (C=O) groups excluding carboxylic acids is 1. The molecule has 33 heavy (non-hydrogen) atoms. The number of nitrogens with zero attached hydrogens (tertiary/aromatic N) is 1. The number of hydrogen-bond acceptors (Lipinski definition) is 5. The molecule has 1 aliphatic heterocycles. The van der Waals surface area contributed by atoms with E-state index in [1.54, 1.807) is 36.4 Å². The molecule has 0 atom stereocenters. The van der Waals surface area contributed by atoms with Crippen molar-refractivity contribution in [1.29, 1.82) is 0 Å². The predicted molar refractivity (Wildman–Crippen MR) is 131 cm³/mol. The summed E-state index contributed by atoms with van der Waals surface area (Å²) in [5, 5.41) is 3.88. The first kappa shape index (κ1) is 22.9. The molecule has 168 valence electrons. The minimum Gasteiger partial charge on any atom is -0.493 e. The molecular formula is C25H20ClFN2O3S. The number of thioether (sulfide) groups is 1. The third-order valence-electron chi connectivity index (χ3n) is 4.88. The smallest absolute Gasteiger partial charge is 0.264 e. The van der Waals surface area contributed by atoms with Crippen molar-refractivity contribution in [2.45, 2.75) is 13.5 Å². The summed E-state index contributed by atoms with van der Waals surface area (Å²) >= 11 is 7.41. The highest BCUT2D eigenvalue weighted by molar-refractivity contribution is 8.18. The molecule has 0 aliphatic carbocycles. The van der Waals surface area contributed by atoms with Crippen LogP contribution in [0.1, 0.15) is 16.7 Å². The maximum absolute atomic E-state index is 13.4. The van der Waals surface area contributed by atoms with Crippen LogP contribution in [-0.4, -0.2) is 18.2 Å². The number of amidine groups is 1. The van der Waals surface area contributed by atoms with Crippen LogP contribution in [0, 0.1) is 12.7 Å². The molecule has 1 saturated heterocycles. The second-order valence-corrected chi connectivity index (χ2v) is 8.63. The molecule has 0 spiro atoms. The van der Waals surface area contributed by atoms with Gasteiger partial charge in [-0.25, -0.2) is 9.38 Å². The van der Waals surface area contributed by atoms with E-state index in [4.69, 9.17) is 21.1 Å². The van der Waals surface area contributed by atoms with E-state index in [0.717, 1.165) is 11.1 Å². The lowest BCUT2D eigenvalue weighted by Crippen LogP contribution is -2.19. The summed E-state index contributed by atoms with van der Waals surface area (Å²) in [6, 6.07) is 17.0. The third-order valence-corrected chi connectivity index (χ3v) is 6.20. The monoisotopic (exact) mass is 482 g/mol. The maximum Gasteiger partial charge on any atom is 0.264 e. The van der Waals surface area contributed by atoms with Crippen molar-refractivity contribution in [1.82, 2.24) is 5.32 Å². The van der Waals surface area contributed by atoms with Crippen molar-refractivity contribution in [2.24, 2.45) is 4.99 Å². The minimum absolute atomic E-state index is 0.204. The summed E-state index contributed by atoms with van der Waals surface area (Å²) in [7, 11) is 1.54. The van der Waals surface area contributed by atoms with E-state index in [1.807, 2.05) is 25.1 Å². The van der Waals surface area contributed by atoms with Crippen LogP contribution >= 0.6 is 23.4 Å². The van der Waals surface area contributed by atoms with Crippen LogP contribution in [0.25, 0.3) is 6.08 Å². The first-order valence-electron chi connectivity index (χ1n) is 10.0. The lowest BCUT2D eigenvalue weighted by Gasteiger charge is -2.11. The number of ether oxygens (including phenoxy) is 2. The van der Waals surface area contributed by atoms with Crippen LogP contribution in [0.15, 0.2) is 70.6 Å². The third kappa shape index (κ3) is 5.56. The zero-order chi connectivity index (χ0) is 23.4. The van der Waals surface area contributed by atoms with Gasteiger partial charge in [-0.15, -0.1) is 0 Å². The average Bonchev–Trinajstić information content (AvgIpc) is 3.14.